The number of rotatable bonds is 11. The van der Waals surface area contributed by atoms with Gasteiger partial charge in [0.15, 0.2) is 0 Å². The molecule has 0 fully saturated rings. The van der Waals surface area contributed by atoms with E-state index >= 15 is 0 Å². The van der Waals surface area contributed by atoms with Crippen LogP contribution in [0, 0.1) is 0 Å². The number of hydrogen-bond acceptors (Lipinski definition) is 14. The zero-order chi connectivity index (χ0) is 49.3. The molecule has 0 radical (unpaired) electrons. The quantitative estimate of drug-likeness (QED) is 0.105. The highest BCUT2D eigenvalue weighted by Crippen LogP contribution is 1.67. The van der Waals surface area contributed by atoms with Gasteiger partial charge < -0.3 is 72.3 Å². The molecule has 0 aliphatic carbocycles. The molecular weight excluding hydrogens is 790 g/mol. The van der Waals surface area contributed by atoms with E-state index in [4.69, 9.17) is 40.9 Å². The minimum atomic E-state index is -0.981. The second-order valence-electron chi connectivity index (χ2n) is 6.60. The minimum absolute atomic E-state index is 0.356. The van der Waals surface area contributed by atoms with Crippen molar-refractivity contribution in [3.8, 4) is 0 Å². The smallest absolute Gasteiger partial charge is 0.404 e. The first-order valence-corrected chi connectivity index (χ1v) is 14.1. The Kier molecular flexibility index (Phi) is 100.0. The first-order valence-electron chi connectivity index (χ1n) is 14.1. The third-order valence-electron chi connectivity index (χ3n) is 2.26. The molecule has 25 heteroatoms. The van der Waals surface area contributed by atoms with Gasteiger partial charge in [-0.05, 0) is 20.8 Å². The highest BCUT2D eigenvalue weighted by atomic mass is 16.6. The predicted octanol–water partition coefficient (Wildman–Crippen LogP) is 2.36. The third-order valence-corrected chi connectivity index (χ3v) is 2.26. The Morgan fingerprint density at radius 2 is 0.397 bits per heavy atom. The molecule has 0 atom stereocenters. The number of carbonyl (C=O) groups excluding carboxylic acids is 3. The molecule has 14 N–H and O–H groups in total. The van der Waals surface area contributed by atoms with Crippen molar-refractivity contribution in [2.45, 2.75) is 20.8 Å². The third kappa shape index (κ3) is 377. The number of carboxylic acid groups (broad SMARTS) is 8. The molecule has 58 heavy (non-hydrogen) atoms. The van der Waals surface area contributed by atoms with E-state index in [9.17, 15) is 52.7 Å². The molecule has 0 bridgehead atoms. The van der Waals surface area contributed by atoms with Gasteiger partial charge in [-0.1, -0.05) is 52.6 Å². The van der Waals surface area contributed by atoms with Gasteiger partial charge in [0.05, 0.1) is 19.8 Å². The van der Waals surface area contributed by atoms with Crippen LogP contribution in [0.1, 0.15) is 20.8 Å². The monoisotopic (exact) mass is 843 g/mol. The lowest BCUT2D eigenvalue weighted by molar-refractivity contribution is -0.132. The van der Waals surface area contributed by atoms with Crippen LogP contribution in [0.2, 0.25) is 0 Å². The van der Waals surface area contributed by atoms with E-state index in [0.29, 0.717) is 19.8 Å². The summed E-state index contributed by atoms with van der Waals surface area (Å²) < 4.78 is 12.5. The van der Waals surface area contributed by atoms with E-state index < -0.39 is 66.0 Å². The van der Waals surface area contributed by atoms with Crippen molar-refractivity contribution in [2.75, 3.05) is 19.8 Å². The van der Waals surface area contributed by atoms with Crippen LogP contribution in [0.5, 0.6) is 0 Å². The fourth-order valence-electron chi connectivity index (χ4n) is 0.427. The molecule has 0 aliphatic rings. The summed E-state index contributed by atoms with van der Waals surface area (Å²) in [4.78, 5) is 103. The van der Waals surface area contributed by atoms with Crippen molar-refractivity contribution in [3.63, 3.8) is 0 Å². The molecule has 0 heterocycles. The predicted molar refractivity (Wildman–Crippen MR) is 206 cm³/mol. The molecule has 25 nitrogen and oxygen atoms in total. The van der Waals surface area contributed by atoms with Gasteiger partial charge in [-0.3, -0.25) is 0 Å². The zero-order valence-electron chi connectivity index (χ0n) is 31.9. The number of nitrogens with two attached hydrogens (primary N) is 3. The molecule has 0 aromatic carbocycles. The second kappa shape index (κ2) is 73.8. The molecule has 0 spiro atoms. The lowest BCUT2D eigenvalue weighted by atomic mass is 10.7. The molecule has 0 aromatic heterocycles. The number of hydrogen-bond donors (Lipinski definition) is 11. The number of aliphatic carboxylic acids is 8. The summed E-state index contributed by atoms with van der Waals surface area (Å²) >= 11 is 0. The number of carbonyl (C=O) groups is 11. The van der Waals surface area contributed by atoms with Gasteiger partial charge in [-0.25, -0.2) is 52.7 Å². The van der Waals surface area contributed by atoms with Crippen LogP contribution in [0.25, 0.3) is 0 Å². The Morgan fingerprint density at radius 3 is 0.397 bits per heavy atom. The second-order valence-corrected chi connectivity index (χ2v) is 6.60. The summed E-state index contributed by atoms with van der Waals surface area (Å²) in [6.45, 7) is 29.9. The molecule has 0 unspecified atom stereocenters. The fourth-order valence-corrected chi connectivity index (χ4v) is 0.427. The molecule has 0 saturated carbocycles. The fraction of sp³-hybridized carbons (Fsp3) is 0.182. The van der Waals surface area contributed by atoms with Gasteiger partial charge in [-0.15, -0.1) is 0 Å². The number of primary amides is 3. The standard InChI is InChI=1S/3C3H7NO2.8C3H4O2/c3*1-2-6-3(4)5;8*1-2-3(4)5/h3*2H2,1H3,(H2,4,5);8*2H,1H2,(H,4,5). The van der Waals surface area contributed by atoms with Crippen molar-refractivity contribution in [3.05, 3.63) is 101 Å². The maximum Gasteiger partial charge on any atom is 0.404 e. The maximum absolute atomic E-state index is 9.60. The molecule has 3 amide bonds. The molecule has 0 aromatic rings. The highest BCUT2D eigenvalue weighted by Gasteiger charge is 1.84. The average molecular weight is 844 g/mol. The molecule has 0 aliphatic heterocycles. The molecular formula is C33H53N3O22. The summed E-state index contributed by atoms with van der Waals surface area (Å²) in [7, 11) is 0. The van der Waals surface area contributed by atoms with Crippen molar-refractivity contribution in [1.82, 2.24) is 0 Å². The van der Waals surface area contributed by atoms with E-state index in [1.165, 1.54) is 0 Å². The normalized spacial score (nSPS) is 6.74. The number of amides is 3. The summed E-state index contributed by atoms with van der Waals surface area (Å²) in [5.41, 5.74) is 13.6. The summed E-state index contributed by atoms with van der Waals surface area (Å²) in [5, 5.41) is 60.8. The zero-order valence-corrected chi connectivity index (χ0v) is 31.9. The largest absolute Gasteiger partial charge is 0.478 e. The maximum atomic E-state index is 9.60. The van der Waals surface area contributed by atoms with Crippen molar-refractivity contribution in [2.24, 2.45) is 17.2 Å². The lowest BCUT2D eigenvalue weighted by Gasteiger charge is -1.89. The Morgan fingerprint density at radius 1 is 0.328 bits per heavy atom. The van der Waals surface area contributed by atoms with Crippen molar-refractivity contribution < 1.29 is 108 Å². The summed E-state index contributed by atoms with van der Waals surface area (Å²) in [6, 6.07) is 0. The first kappa shape index (κ1) is 78.5. The van der Waals surface area contributed by atoms with E-state index in [1.807, 2.05) is 0 Å². The van der Waals surface area contributed by atoms with Crippen LogP contribution in [0.15, 0.2) is 101 Å². The van der Waals surface area contributed by atoms with Crippen molar-refractivity contribution >= 4 is 66.0 Å². The van der Waals surface area contributed by atoms with Crippen LogP contribution >= 0.6 is 0 Å². The number of ether oxygens (including phenoxy) is 3. The molecule has 0 saturated heterocycles. The van der Waals surface area contributed by atoms with Gasteiger partial charge in [0, 0.05) is 48.6 Å². The van der Waals surface area contributed by atoms with Crippen LogP contribution < -0.4 is 17.2 Å². The Bertz CT molecular complexity index is 1020. The van der Waals surface area contributed by atoms with Gasteiger partial charge in [0.1, 0.15) is 0 Å². The van der Waals surface area contributed by atoms with Gasteiger partial charge in [0.25, 0.3) is 0 Å². The van der Waals surface area contributed by atoms with Crippen LogP contribution in [-0.4, -0.2) is 127 Å². The average Bonchev–Trinajstić information content (AvgIpc) is 3.13. The minimum Gasteiger partial charge on any atom is -0.478 e. The van der Waals surface area contributed by atoms with Gasteiger partial charge in [-0.2, -0.15) is 0 Å². The summed E-state index contributed by atoms with van der Waals surface area (Å²) in [6.07, 6.45) is 4.53. The lowest BCUT2D eigenvalue weighted by Crippen LogP contribution is -2.11. The molecule has 0 rings (SSSR count). The van der Waals surface area contributed by atoms with Gasteiger partial charge in [0.2, 0.25) is 0 Å². The van der Waals surface area contributed by atoms with E-state index in [1.54, 1.807) is 20.8 Å². The molecule has 332 valence electrons. The Hall–Kier alpha value is -8.51. The SMILES string of the molecule is C=CC(=O)O.C=CC(=O)O.C=CC(=O)O.C=CC(=O)O.C=CC(=O)O.C=CC(=O)O.C=CC(=O)O.C=CC(=O)O.CCOC(N)=O.CCOC(N)=O.CCOC(N)=O. The van der Waals surface area contributed by atoms with Crippen molar-refractivity contribution in [1.29, 1.82) is 0 Å². The number of carboxylic acids is 8. The van der Waals surface area contributed by atoms with E-state index in [2.05, 4.69) is 84.0 Å². The highest BCUT2D eigenvalue weighted by molar-refractivity contribution is 5.81. The van der Waals surface area contributed by atoms with Gasteiger partial charge >= 0.3 is 66.0 Å². The van der Waals surface area contributed by atoms with Crippen LogP contribution in [0.3, 0.4) is 0 Å². The van der Waals surface area contributed by atoms with E-state index in [0.717, 1.165) is 48.6 Å². The first-order chi connectivity index (χ1) is 26.5. The van der Waals surface area contributed by atoms with Crippen LogP contribution in [0.4, 0.5) is 14.4 Å². The van der Waals surface area contributed by atoms with Crippen LogP contribution in [-0.2, 0) is 52.6 Å². The Labute approximate surface area is 332 Å². The topological polar surface area (TPSA) is 455 Å². The summed E-state index contributed by atoms with van der Waals surface area (Å²) in [5.74, 6) is -7.85. The Balaban J connectivity index is -0.0000000466. The van der Waals surface area contributed by atoms with E-state index in [-0.39, 0.29) is 0 Å².